The van der Waals surface area contributed by atoms with E-state index in [2.05, 4.69) is 0 Å². The molecule has 10 heteroatoms. The fourth-order valence-corrected chi connectivity index (χ4v) is 9.90. The standard InChI is InChI=1S/C23H39N3O5S2/c1-22(2,3)30-20(27)25-8-14-11-32-19(16(14)10-25)7-18-17-13-33(24,29)12-15(17)9-26(18)21(28)31-23(4,5)6/h14-19,24H,7-13H2,1-6H3/t14-,15?,16?,17?,18?,19?,33?/m0/s1. The highest BCUT2D eigenvalue weighted by atomic mass is 32.2. The molecule has 0 aliphatic carbocycles. The number of ether oxygens (including phenoxy) is 2. The van der Waals surface area contributed by atoms with Crippen molar-refractivity contribution >= 4 is 33.7 Å². The molecule has 1 N–H and O–H groups in total. The van der Waals surface area contributed by atoms with E-state index in [1.54, 1.807) is 0 Å². The van der Waals surface area contributed by atoms with Crippen LogP contribution >= 0.6 is 11.8 Å². The third kappa shape index (κ3) is 5.57. The largest absolute Gasteiger partial charge is 0.444 e. The Labute approximate surface area is 202 Å². The van der Waals surface area contributed by atoms with Crippen LogP contribution in [0.5, 0.6) is 0 Å². The van der Waals surface area contributed by atoms with Crippen LogP contribution in [-0.2, 0) is 19.2 Å². The first-order valence-corrected chi connectivity index (χ1v) is 14.9. The zero-order valence-corrected chi connectivity index (χ0v) is 22.3. The van der Waals surface area contributed by atoms with Crippen molar-refractivity contribution in [1.82, 2.24) is 9.80 Å². The highest BCUT2D eigenvalue weighted by Gasteiger charge is 2.53. The molecule has 0 aromatic heterocycles. The lowest BCUT2D eigenvalue weighted by Crippen LogP contribution is -2.44. The molecular weight excluding hydrogens is 462 g/mol. The first-order chi connectivity index (χ1) is 15.1. The van der Waals surface area contributed by atoms with Gasteiger partial charge in [-0.05, 0) is 77.4 Å². The summed E-state index contributed by atoms with van der Waals surface area (Å²) in [4.78, 5) is 29.3. The van der Waals surface area contributed by atoms with Gasteiger partial charge in [-0.15, -0.1) is 0 Å². The summed E-state index contributed by atoms with van der Waals surface area (Å²) in [6, 6.07) is -0.0645. The quantitative estimate of drug-likeness (QED) is 0.616. The molecule has 0 bridgehead atoms. The number of hydrogen-bond donors (Lipinski definition) is 1. The Kier molecular flexibility index (Phi) is 6.43. The molecule has 4 fully saturated rings. The number of nitrogens with zero attached hydrogens (tertiary/aromatic N) is 2. The van der Waals surface area contributed by atoms with E-state index in [1.807, 2.05) is 63.1 Å². The Balaban J connectivity index is 1.47. The van der Waals surface area contributed by atoms with Crippen LogP contribution in [-0.4, -0.2) is 85.6 Å². The van der Waals surface area contributed by atoms with E-state index in [0.717, 1.165) is 18.7 Å². The van der Waals surface area contributed by atoms with Gasteiger partial charge in [0, 0.05) is 52.2 Å². The van der Waals surface area contributed by atoms with Crippen molar-refractivity contribution in [2.75, 3.05) is 36.9 Å². The van der Waals surface area contributed by atoms with E-state index in [0.29, 0.717) is 41.7 Å². The highest BCUT2D eigenvalue weighted by Crippen LogP contribution is 2.48. The molecule has 4 heterocycles. The normalized spacial score (nSPS) is 38.4. The first-order valence-electron chi connectivity index (χ1n) is 12.0. The van der Waals surface area contributed by atoms with Gasteiger partial charge in [-0.2, -0.15) is 11.8 Å². The predicted octanol–water partition coefficient (Wildman–Crippen LogP) is 3.89. The number of carbonyl (C=O) groups is 2. The minimum atomic E-state index is -2.57. The molecule has 0 spiro atoms. The molecule has 6 unspecified atom stereocenters. The highest BCUT2D eigenvalue weighted by molar-refractivity contribution is 8.00. The number of thioether (sulfide) groups is 1. The summed E-state index contributed by atoms with van der Waals surface area (Å²) in [7, 11) is -2.57. The maximum Gasteiger partial charge on any atom is 0.410 e. The number of nitrogens with one attached hydrogen (secondary N) is 1. The maximum atomic E-state index is 13.0. The lowest BCUT2D eigenvalue weighted by Gasteiger charge is -2.33. The van der Waals surface area contributed by atoms with Crippen molar-refractivity contribution in [2.45, 2.75) is 70.5 Å². The summed E-state index contributed by atoms with van der Waals surface area (Å²) in [6.45, 7) is 13.2. The summed E-state index contributed by atoms with van der Waals surface area (Å²) >= 11 is 1.93. The predicted molar refractivity (Wildman–Crippen MR) is 130 cm³/mol. The second kappa shape index (κ2) is 8.50. The SMILES string of the molecule is CC(C)(C)OC(=O)N1CC2C(CC3C4CS(=N)(=O)CC4CN3C(=O)OC(C)(C)C)SC[C@@H]2C1. The molecule has 4 aliphatic heterocycles. The van der Waals surface area contributed by atoms with Crippen molar-refractivity contribution in [3.8, 4) is 0 Å². The Morgan fingerprint density at radius 1 is 0.939 bits per heavy atom. The second-order valence-electron chi connectivity index (χ2n) is 12.2. The summed E-state index contributed by atoms with van der Waals surface area (Å²) in [5, 5.41) is 0.318. The molecule has 33 heavy (non-hydrogen) atoms. The van der Waals surface area contributed by atoms with Crippen molar-refractivity contribution in [3.05, 3.63) is 0 Å². The number of hydrogen-bond acceptors (Lipinski definition) is 7. The van der Waals surface area contributed by atoms with Gasteiger partial charge in [0.1, 0.15) is 11.2 Å². The van der Waals surface area contributed by atoms with Gasteiger partial charge in [0.15, 0.2) is 0 Å². The molecule has 4 saturated heterocycles. The van der Waals surface area contributed by atoms with Crippen molar-refractivity contribution in [2.24, 2.45) is 23.7 Å². The van der Waals surface area contributed by atoms with Gasteiger partial charge in [-0.25, -0.2) is 13.8 Å². The second-order valence-corrected chi connectivity index (χ2v) is 15.7. The van der Waals surface area contributed by atoms with Crippen LogP contribution in [0.15, 0.2) is 0 Å². The Bertz CT molecular complexity index is 895. The van der Waals surface area contributed by atoms with E-state index in [4.69, 9.17) is 14.3 Å². The van der Waals surface area contributed by atoms with Gasteiger partial charge in [-0.1, -0.05) is 0 Å². The molecule has 4 rings (SSSR count). The van der Waals surface area contributed by atoms with Crippen molar-refractivity contribution < 1.29 is 23.3 Å². The van der Waals surface area contributed by atoms with Gasteiger partial charge >= 0.3 is 12.2 Å². The number of amides is 2. The third-order valence-corrected chi connectivity index (χ3v) is 10.6. The van der Waals surface area contributed by atoms with Crippen LogP contribution in [0.4, 0.5) is 9.59 Å². The summed E-state index contributed by atoms with van der Waals surface area (Å²) < 4.78 is 32.0. The summed E-state index contributed by atoms with van der Waals surface area (Å²) in [5.41, 5.74) is -1.09. The first kappa shape index (κ1) is 24.9. The number of fused-ring (bicyclic) bond motifs is 2. The van der Waals surface area contributed by atoms with Crippen molar-refractivity contribution in [3.63, 3.8) is 0 Å². The van der Waals surface area contributed by atoms with E-state index in [1.165, 1.54) is 0 Å². The molecule has 7 atom stereocenters. The Morgan fingerprint density at radius 3 is 2.21 bits per heavy atom. The van der Waals surface area contributed by atoms with Crippen LogP contribution in [0, 0.1) is 28.5 Å². The number of carbonyl (C=O) groups excluding carboxylic acids is 2. The molecule has 2 amide bonds. The monoisotopic (exact) mass is 501 g/mol. The van der Waals surface area contributed by atoms with E-state index < -0.39 is 20.9 Å². The third-order valence-electron chi connectivity index (χ3n) is 7.12. The minimum Gasteiger partial charge on any atom is -0.444 e. The fourth-order valence-electron chi connectivity index (χ4n) is 5.87. The molecule has 0 saturated carbocycles. The molecule has 188 valence electrons. The smallest absolute Gasteiger partial charge is 0.410 e. The van der Waals surface area contributed by atoms with Crippen LogP contribution in [0.1, 0.15) is 48.0 Å². The van der Waals surface area contributed by atoms with Gasteiger partial charge in [0.05, 0.1) is 0 Å². The maximum absolute atomic E-state index is 13.0. The average molecular weight is 502 g/mol. The van der Waals surface area contributed by atoms with E-state index >= 15 is 0 Å². The zero-order chi connectivity index (χ0) is 24.3. The van der Waals surface area contributed by atoms with Crippen LogP contribution < -0.4 is 0 Å². The zero-order valence-electron chi connectivity index (χ0n) is 20.7. The number of rotatable bonds is 2. The lowest BCUT2D eigenvalue weighted by molar-refractivity contribution is 0.0198. The van der Waals surface area contributed by atoms with Crippen LogP contribution in [0.3, 0.4) is 0 Å². The fraction of sp³-hybridized carbons (Fsp3) is 0.913. The molecule has 0 aromatic rings. The van der Waals surface area contributed by atoms with Gasteiger partial charge in [0.2, 0.25) is 0 Å². The van der Waals surface area contributed by atoms with Crippen LogP contribution in [0.25, 0.3) is 0 Å². The summed E-state index contributed by atoms with van der Waals surface area (Å²) in [5.74, 6) is 2.74. The molecule has 8 nitrogen and oxygen atoms in total. The summed E-state index contributed by atoms with van der Waals surface area (Å²) in [6.07, 6.45) is 0.241. The molecule has 4 aliphatic rings. The topological polar surface area (TPSA) is 100 Å². The Hall–Kier alpha value is -1.16. The molecular formula is C23H39N3O5S2. The average Bonchev–Trinajstić information content (AvgIpc) is 3.32. The van der Waals surface area contributed by atoms with Gasteiger partial charge < -0.3 is 19.3 Å². The Morgan fingerprint density at radius 2 is 1.58 bits per heavy atom. The minimum absolute atomic E-state index is 0.0645. The van der Waals surface area contributed by atoms with Gasteiger partial charge in [0.25, 0.3) is 0 Å². The van der Waals surface area contributed by atoms with E-state index in [-0.39, 0.29) is 30.1 Å². The molecule has 0 radical (unpaired) electrons. The number of likely N-dealkylation sites (tertiary alicyclic amines) is 2. The van der Waals surface area contributed by atoms with E-state index in [9.17, 15) is 13.8 Å². The van der Waals surface area contributed by atoms with Crippen molar-refractivity contribution in [1.29, 1.82) is 4.78 Å². The lowest BCUT2D eigenvalue weighted by atomic mass is 9.86. The van der Waals surface area contributed by atoms with Crippen LogP contribution in [0.2, 0.25) is 0 Å². The van der Waals surface area contributed by atoms with Gasteiger partial charge in [-0.3, -0.25) is 4.78 Å². The molecule has 0 aromatic carbocycles.